The van der Waals surface area contributed by atoms with E-state index >= 15 is 0 Å². The number of nitrogens with zero attached hydrogens (tertiary/aromatic N) is 1. The molecule has 2 aromatic carbocycles. The molecule has 0 bridgehead atoms. The summed E-state index contributed by atoms with van der Waals surface area (Å²) >= 11 is 0. The molecule has 1 aromatic heterocycles. The summed E-state index contributed by atoms with van der Waals surface area (Å²) in [6.07, 6.45) is 0.650. The molecule has 21 heavy (non-hydrogen) atoms. The lowest BCUT2D eigenvalue weighted by Crippen LogP contribution is -2.02. The summed E-state index contributed by atoms with van der Waals surface area (Å²) < 4.78 is 11.1. The Labute approximate surface area is 122 Å². The van der Waals surface area contributed by atoms with Gasteiger partial charge in [-0.15, -0.1) is 0 Å². The second kappa shape index (κ2) is 4.90. The topological polar surface area (TPSA) is 55.5 Å². The van der Waals surface area contributed by atoms with Gasteiger partial charge < -0.3 is 14.3 Å². The number of benzene rings is 2. The average molecular weight is 281 g/mol. The van der Waals surface area contributed by atoms with Crippen LogP contribution in [0.3, 0.4) is 0 Å². The Hall–Kier alpha value is -2.33. The highest BCUT2D eigenvalue weighted by Gasteiger charge is 2.17. The van der Waals surface area contributed by atoms with E-state index in [1.54, 1.807) is 0 Å². The number of fused-ring (bicyclic) bond motifs is 2. The zero-order valence-electron chi connectivity index (χ0n) is 11.5. The van der Waals surface area contributed by atoms with E-state index in [9.17, 15) is 5.11 Å². The van der Waals surface area contributed by atoms with Gasteiger partial charge in [-0.25, -0.2) is 4.98 Å². The molecule has 4 heteroatoms. The predicted octanol–water partition coefficient (Wildman–Crippen LogP) is 3.04. The summed E-state index contributed by atoms with van der Waals surface area (Å²) in [5.74, 6) is 1.48. The molecule has 0 aliphatic carbocycles. The summed E-state index contributed by atoms with van der Waals surface area (Å²) in [6, 6.07) is 13.5. The molecule has 0 fully saturated rings. The molecule has 4 rings (SSSR count). The predicted molar refractivity (Wildman–Crippen MR) is 78.3 cm³/mol. The Morgan fingerprint density at radius 2 is 2.10 bits per heavy atom. The molecule has 1 atom stereocenters. The maximum Gasteiger partial charge on any atom is 0.198 e. The monoisotopic (exact) mass is 281 g/mol. The first-order valence-corrected chi connectivity index (χ1v) is 7.08. The fourth-order valence-corrected chi connectivity index (χ4v) is 2.70. The number of hydrogen-bond donors (Lipinski definition) is 1. The zero-order valence-corrected chi connectivity index (χ0v) is 11.5. The zero-order chi connectivity index (χ0) is 14.2. The third-order valence-electron chi connectivity index (χ3n) is 3.80. The first kappa shape index (κ1) is 12.4. The minimum Gasteiger partial charge on any atom is -0.493 e. The molecule has 1 aliphatic heterocycles. The molecular weight excluding hydrogens is 266 g/mol. The molecule has 1 N–H and O–H groups in total. The molecule has 0 saturated heterocycles. The van der Waals surface area contributed by atoms with Crippen molar-refractivity contribution in [3.8, 4) is 5.75 Å². The van der Waals surface area contributed by atoms with Crippen molar-refractivity contribution in [1.29, 1.82) is 0 Å². The summed E-state index contributed by atoms with van der Waals surface area (Å²) in [4.78, 5) is 4.40. The van der Waals surface area contributed by atoms with E-state index in [4.69, 9.17) is 9.15 Å². The van der Waals surface area contributed by atoms with Gasteiger partial charge in [-0.2, -0.15) is 0 Å². The number of oxazole rings is 1. The standard InChI is InChI=1S/C17H15NO3/c19-14(11-5-6-15-12(9-11)7-8-20-15)10-17-18-13-3-1-2-4-16(13)21-17/h1-6,9,14,19H,7-8,10H2. The van der Waals surface area contributed by atoms with Gasteiger partial charge >= 0.3 is 0 Å². The van der Waals surface area contributed by atoms with E-state index in [1.165, 1.54) is 0 Å². The van der Waals surface area contributed by atoms with Gasteiger partial charge in [0.05, 0.1) is 19.1 Å². The molecule has 0 amide bonds. The lowest BCUT2D eigenvalue weighted by molar-refractivity contribution is 0.169. The van der Waals surface area contributed by atoms with Crippen LogP contribution in [0.1, 0.15) is 23.1 Å². The fraction of sp³-hybridized carbons (Fsp3) is 0.235. The lowest BCUT2D eigenvalue weighted by Gasteiger charge is -2.10. The van der Waals surface area contributed by atoms with Crippen molar-refractivity contribution in [2.75, 3.05) is 6.61 Å². The number of aromatic nitrogens is 1. The van der Waals surface area contributed by atoms with Crippen LogP contribution in [-0.2, 0) is 12.8 Å². The van der Waals surface area contributed by atoms with Crippen molar-refractivity contribution >= 4 is 11.1 Å². The molecule has 0 radical (unpaired) electrons. The molecule has 2 heterocycles. The lowest BCUT2D eigenvalue weighted by atomic mass is 10.0. The molecule has 0 saturated carbocycles. The van der Waals surface area contributed by atoms with Crippen LogP contribution in [0.2, 0.25) is 0 Å². The maximum atomic E-state index is 10.4. The average Bonchev–Trinajstić information content (AvgIpc) is 3.11. The molecule has 1 unspecified atom stereocenters. The van der Waals surface area contributed by atoms with Gasteiger partial charge in [0.25, 0.3) is 0 Å². The minimum absolute atomic E-state index is 0.369. The first-order valence-electron chi connectivity index (χ1n) is 7.08. The van der Waals surface area contributed by atoms with Crippen molar-refractivity contribution in [2.45, 2.75) is 18.9 Å². The van der Waals surface area contributed by atoms with E-state index in [2.05, 4.69) is 4.98 Å². The van der Waals surface area contributed by atoms with E-state index in [1.807, 2.05) is 42.5 Å². The summed E-state index contributed by atoms with van der Waals surface area (Å²) in [7, 11) is 0. The fourth-order valence-electron chi connectivity index (χ4n) is 2.70. The van der Waals surface area contributed by atoms with Gasteiger partial charge in [0.1, 0.15) is 11.3 Å². The Kier molecular flexibility index (Phi) is 2.89. The Balaban J connectivity index is 1.58. The van der Waals surface area contributed by atoms with Gasteiger partial charge in [-0.05, 0) is 35.4 Å². The maximum absolute atomic E-state index is 10.4. The highest BCUT2D eigenvalue weighted by atomic mass is 16.5. The van der Waals surface area contributed by atoms with Crippen LogP contribution in [0.5, 0.6) is 5.75 Å². The Morgan fingerprint density at radius 1 is 1.19 bits per heavy atom. The summed E-state index contributed by atoms with van der Waals surface area (Å²) in [6.45, 7) is 0.722. The summed E-state index contributed by atoms with van der Waals surface area (Å²) in [5.41, 5.74) is 3.61. The van der Waals surface area contributed by atoms with Gasteiger partial charge in [0, 0.05) is 6.42 Å². The van der Waals surface area contributed by atoms with Crippen LogP contribution in [0.15, 0.2) is 46.9 Å². The van der Waals surface area contributed by atoms with Crippen molar-refractivity contribution in [1.82, 2.24) is 4.98 Å². The normalized spacial score (nSPS) is 14.9. The second-order valence-electron chi connectivity index (χ2n) is 5.26. The molecule has 0 spiro atoms. The third kappa shape index (κ3) is 2.28. The number of aliphatic hydroxyl groups excluding tert-OH is 1. The van der Waals surface area contributed by atoms with Crippen LogP contribution >= 0.6 is 0 Å². The first-order chi connectivity index (χ1) is 10.3. The van der Waals surface area contributed by atoms with E-state index < -0.39 is 6.10 Å². The molecule has 1 aliphatic rings. The molecule has 106 valence electrons. The van der Waals surface area contributed by atoms with E-state index in [-0.39, 0.29) is 0 Å². The van der Waals surface area contributed by atoms with Crippen molar-refractivity contribution in [3.05, 3.63) is 59.5 Å². The smallest absolute Gasteiger partial charge is 0.198 e. The Bertz CT molecular complexity index is 761. The number of aliphatic hydroxyl groups is 1. The van der Waals surface area contributed by atoms with Gasteiger partial charge in [-0.1, -0.05) is 18.2 Å². The van der Waals surface area contributed by atoms with Crippen LogP contribution < -0.4 is 4.74 Å². The molecular formula is C17H15NO3. The third-order valence-corrected chi connectivity index (χ3v) is 3.80. The SMILES string of the molecule is OC(Cc1nc2ccccc2o1)c1ccc2c(c1)CCO2. The molecule has 3 aromatic rings. The summed E-state index contributed by atoms with van der Waals surface area (Å²) in [5, 5.41) is 10.4. The van der Waals surface area contributed by atoms with Crippen LogP contribution in [-0.4, -0.2) is 16.7 Å². The largest absolute Gasteiger partial charge is 0.493 e. The van der Waals surface area contributed by atoms with Crippen molar-refractivity contribution in [3.63, 3.8) is 0 Å². The number of rotatable bonds is 3. The van der Waals surface area contributed by atoms with Gasteiger partial charge in [0.2, 0.25) is 0 Å². The van der Waals surface area contributed by atoms with Gasteiger partial charge in [-0.3, -0.25) is 0 Å². The molecule has 4 nitrogen and oxygen atoms in total. The highest BCUT2D eigenvalue weighted by Crippen LogP contribution is 2.29. The van der Waals surface area contributed by atoms with Crippen LogP contribution in [0, 0.1) is 0 Å². The number of ether oxygens (including phenoxy) is 1. The quantitative estimate of drug-likeness (QED) is 0.801. The van der Waals surface area contributed by atoms with Gasteiger partial charge in [0.15, 0.2) is 11.5 Å². The Morgan fingerprint density at radius 3 is 3.00 bits per heavy atom. The van der Waals surface area contributed by atoms with Crippen molar-refractivity contribution in [2.24, 2.45) is 0 Å². The second-order valence-corrected chi connectivity index (χ2v) is 5.26. The van der Waals surface area contributed by atoms with E-state index in [0.717, 1.165) is 41.0 Å². The minimum atomic E-state index is -0.621. The number of hydrogen-bond acceptors (Lipinski definition) is 4. The number of para-hydroxylation sites is 2. The van der Waals surface area contributed by atoms with Crippen LogP contribution in [0.4, 0.5) is 0 Å². The van der Waals surface area contributed by atoms with Crippen molar-refractivity contribution < 1.29 is 14.3 Å². The highest BCUT2D eigenvalue weighted by molar-refractivity contribution is 5.72. The van der Waals surface area contributed by atoms with Crippen LogP contribution in [0.25, 0.3) is 11.1 Å². The van der Waals surface area contributed by atoms with E-state index in [0.29, 0.717) is 12.3 Å².